The van der Waals surface area contributed by atoms with E-state index < -0.39 is 0 Å². The third-order valence-corrected chi connectivity index (χ3v) is 2.67. The fraction of sp³-hybridized carbons (Fsp3) is 0. The van der Waals surface area contributed by atoms with Gasteiger partial charge in [0.25, 0.3) is 0 Å². The minimum atomic E-state index is 0.616. The molecule has 0 aliphatic heterocycles. The van der Waals surface area contributed by atoms with E-state index in [-0.39, 0.29) is 0 Å². The maximum absolute atomic E-state index is 6.18. The number of rotatable bonds is 1. The van der Waals surface area contributed by atoms with Gasteiger partial charge in [-0.1, -0.05) is 41.9 Å². The van der Waals surface area contributed by atoms with Crippen LogP contribution in [0.4, 0.5) is 0 Å². The third kappa shape index (κ3) is 1.46. The Hall–Kier alpha value is -1.87. The largest absolute Gasteiger partial charge is 0.235 e. The smallest absolute Gasteiger partial charge is 0.154 e. The first-order valence-corrected chi connectivity index (χ1v) is 5.28. The summed E-state index contributed by atoms with van der Waals surface area (Å²) in [5.74, 6) is 0. The second-order valence-corrected chi connectivity index (χ2v) is 3.84. The molecule has 0 unspecified atom stereocenters. The molecule has 2 aromatic heterocycles. The maximum atomic E-state index is 6.18. The lowest BCUT2D eigenvalue weighted by molar-refractivity contribution is 0.942. The van der Waals surface area contributed by atoms with Crippen molar-refractivity contribution in [3.63, 3.8) is 0 Å². The van der Waals surface area contributed by atoms with Gasteiger partial charge in [0.05, 0.1) is 5.02 Å². The molecule has 78 valence electrons. The Kier molecular flexibility index (Phi) is 2.11. The van der Waals surface area contributed by atoms with Gasteiger partial charge in [0.1, 0.15) is 5.69 Å². The highest BCUT2D eigenvalue weighted by molar-refractivity contribution is 6.33. The van der Waals surface area contributed by atoms with Gasteiger partial charge in [-0.05, 0) is 0 Å². The van der Waals surface area contributed by atoms with Crippen molar-refractivity contribution in [1.82, 2.24) is 14.6 Å². The van der Waals surface area contributed by atoms with Gasteiger partial charge in [-0.25, -0.2) is 9.50 Å². The minimum absolute atomic E-state index is 0.616. The lowest BCUT2D eigenvalue weighted by Crippen LogP contribution is -1.94. The summed E-state index contributed by atoms with van der Waals surface area (Å²) in [6.45, 7) is 0. The number of halogens is 1. The zero-order chi connectivity index (χ0) is 11.0. The highest BCUT2D eigenvalue weighted by Gasteiger charge is 2.07. The van der Waals surface area contributed by atoms with E-state index in [1.165, 1.54) is 0 Å². The van der Waals surface area contributed by atoms with Crippen LogP contribution in [0.2, 0.25) is 5.02 Å². The minimum Gasteiger partial charge on any atom is -0.235 e. The Bertz CT molecular complexity index is 631. The number of aromatic nitrogens is 3. The van der Waals surface area contributed by atoms with Gasteiger partial charge < -0.3 is 0 Å². The van der Waals surface area contributed by atoms with E-state index in [4.69, 9.17) is 11.6 Å². The molecule has 3 nitrogen and oxygen atoms in total. The number of hydrogen-bond acceptors (Lipinski definition) is 2. The van der Waals surface area contributed by atoms with E-state index in [9.17, 15) is 0 Å². The number of hydrogen-bond donors (Lipinski definition) is 0. The molecule has 0 aliphatic carbocycles. The van der Waals surface area contributed by atoms with Crippen LogP contribution < -0.4 is 0 Å². The van der Waals surface area contributed by atoms with E-state index in [1.54, 1.807) is 16.9 Å². The van der Waals surface area contributed by atoms with Gasteiger partial charge >= 0.3 is 0 Å². The predicted octanol–water partition coefficient (Wildman–Crippen LogP) is 3.05. The van der Waals surface area contributed by atoms with Gasteiger partial charge in [0.15, 0.2) is 5.65 Å². The van der Waals surface area contributed by atoms with Gasteiger partial charge in [0, 0.05) is 24.0 Å². The Morgan fingerprint density at radius 2 is 1.94 bits per heavy atom. The SMILES string of the molecule is Clc1cc2nccn2nc1-c1ccccc1. The van der Waals surface area contributed by atoms with Crippen molar-refractivity contribution in [2.75, 3.05) is 0 Å². The first-order chi connectivity index (χ1) is 7.84. The molecule has 0 amide bonds. The average Bonchev–Trinajstić information content (AvgIpc) is 2.76. The molecule has 1 aromatic carbocycles. The van der Waals surface area contributed by atoms with Crippen molar-refractivity contribution in [2.24, 2.45) is 0 Å². The van der Waals surface area contributed by atoms with Crippen LogP contribution in [0.25, 0.3) is 16.9 Å². The molecule has 0 bridgehead atoms. The molecule has 0 N–H and O–H groups in total. The summed E-state index contributed by atoms with van der Waals surface area (Å²) >= 11 is 6.18. The highest BCUT2D eigenvalue weighted by atomic mass is 35.5. The third-order valence-electron chi connectivity index (χ3n) is 2.39. The molecule has 0 spiro atoms. The first kappa shape index (κ1) is 9.36. The van der Waals surface area contributed by atoms with Crippen molar-refractivity contribution in [2.45, 2.75) is 0 Å². The zero-order valence-electron chi connectivity index (χ0n) is 8.34. The van der Waals surface area contributed by atoms with Crippen molar-refractivity contribution in [1.29, 1.82) is 0 Å². The van der Waals surface area contributed by atoms with Crippen LogP contribution in [-0.2, 0) is 0 Å². The molecule has 0 atom stereocenters. The fourth-order valence-corrected chi connectivity index (χ4v) is 1.87. The van der Waals surface area contributed by atoms with E-state index >= 15 is 0 Å². The number of imidazole rings is 1. The van der Waals surface area contributed by atoms with Crippen LogP contribution in [0.15, 0.2) is 48.8 Å². The van der Waals surface area contributed by atoms with Crippen LogP contribution >= 0.6 is 11.6 Å². The van der Waals surface area contributed by atoms with Crippen LogP contribution in [-0.4, -0.2) is 14.6 Å². The highest BCUT2D eigenvalue weighted by Crippen LogP contribution is 2.25. The summed E-state index contributed by atoms with van der Waals surface area (Å²) in [6, 6.07) is 11.7. The van der Waals surface area contributed by atoms with Crippen molar-refractivity contribution in [3.05, 3.63) is 53.8 Å². The number of benzene rings is 1. The lowest BCUT2D eigenvalue weighted by atomic mass is 10.1. The van der Waals surface area contributed by atoms with Crippen molar-refractivity contribution < 1.29 is 0 Å². The second-order valence-electron chi connectivity index (χ2n) is 3.44. The molecule has 16 heavy (non-hydrogen) atoms. The molecule has 3 aromatic rings. The van der Waals surface area contributed by atoms with Crippen molar-refractivity contribution in [3.8, 4) is 11.3 Å². The molecule has 0 radical (unpaired) electrons. The normalized spacial score (nSPS) is 10.8. The second kappa shape index (κ2) is 3.61. The summed E-state index contributed by atoms with van der Waals surface area (Å²) < 4.78 is 1.72. The van der Waals surface area contributed by atoms with Crippen LogP contribution in [0.1, 0.15) is 0 Å². The summed E-state index contributed by atoms with van der Waals surface area (Å²) in [5, 5.41) is 5.04. The Morgan fingerprint density at radius 1 is 1.12 bits per heavy atom. The van der Waals surface area contributed by atoms with E-state index in [1.807, 2.05) is 36.4 Å². The Balaban J connectivity index is 2.27. The lowest BCUT2D eigenvalue weighted by Gasteiger charge is -2.03. The number of fused-ring (bicyclic) bond motifs is 1. The van der Waals surface area contributed by atoms with E-state index in [0.717, 1.165) is 16.9 Å². The summed E-state index contributed by atoms with van der Waals surface area (Å²) in [7, 11) is 0. The summed E-state index contributed by atoms with van der Waals surface area (Å²) in [5.41, 5.74) is 2.53. The van der Waals surface area contributed by atoms with Crippen LogP contribution in [0.3, 0.4) is 0 Å². The molecular weight excluding hydrogens is 222 g/mol. The van der Waals surface area contributed by atoms with E-state index in [0.29, 0.717) is 5.02 Å². The van der Waals surface area contributed by atoms with Crippen LogP contribution in [0.5, 0.6) is 0 Å². The molecular formula is C12H8ClN3. The fourth-order valence-electron chi connectivity index (χ4n) is 1.63. The molecule has 0 saturated carbocycles. The molecule has 0 saturated heterocycles. The first-order valence-electron chi connectivity index (χ1n) is 4.90. The average molecular weight is 230 g/mol. The molecule has 3 rings (SSSR count). The maximum Gasteiger partial charge on any atom is 0.154 e. The van der Waals surface area contributed by atoms with Gasteiger partial charge in [-0.3, -0.25) is 0 Å². The summed E-state index contributed by atoms with van der Waals surface area (Å²) in [6.07, 6.45) is 3.51. The summed E-state index contributed by atoms with van der Waals surface area (Å²) in [4.78, 5) is 4.13. The Labute approximate surface area is 97.3 Å². The topological polar surface area (TPSA) is 30.2 Å². The van der Waals surface area contributed by atoms with Crippen molar-refractivity contribution >= 4 is 17.2 Å². The Morgan fingerprint density at radius 3 is 2.75 bits per heavy atom. The van der Waals surface area contributed by atoms with Crippen LogP contribution in [0, 0.1) is 0 Å². The molecule has 2 heterocycles. The van der Waals surface area contributed by atoms with Gasteiger partial charge in [-0.2, -0.15) is 5.10 Å². The molecule has 0 aliphatic rings. The standard InChI is InChI=1S/C12H8ClN3/c13-10-8-11-14-6-7-16(11)15-12(10)9-4-2-1-3-5-9/h1-8H. The van der Waals surface area contributed by atoms with Gasteiger partial charge in [-0.15, -0.1) is 0 Å². The monoisotopic (exact) mass is 229 g/mol. The molecule has 4 heteroatoms. The quantitative estimate of drug-likeness (QED) is 0.642. The molecule has 0 fully saturated rings. The predicted molar refractivity (Wildman–Crippen MR) is 63.4 cm³/mol. The van der Waals surface area contributed by atoms with Gasteiger partial charge in [0.2, 0.25) is 0 Å². The van der Waals surface area contributed by atoms with E-state index in [2.05, 4.69) is 10.1 Å². The zero-order valence-corrected chi connectivity index (χ0v) is 9.09. The number of nitrogens with zero attached hydrogens (tertiary/aromatic N) is 3.